The first kappa shape index (κ1) is 38.3. The molecule has 9 rings (SSSR count). The number of aliphatic imine (C=N–C) groups is 2. The Kier molecular flexibility index (Phi) is 10.8. The molecule has 7 aromatic carbocycles. The quantitative estimate of drug-likeness (QED) is 0.135. The molecule has 0 aromatic heterocycles. The van der Waals surface area contributed by atoms with E-state index in [0.717, 1.165) is 43.8 Å². The van der Waals surface area contributed by atoms with Crippen molar-refractivity contribution in [1.82, 2.24) is 0 Å². The predicted octanol–water partition coefficient (Wildman–Crippen LogP) is 12.5. The number of carbonyl (C=O) groups is 2. The molecule has 2 unspecified atom stereocenters. The molecule has 294 valence electrons. The van der Waals surface area contributed by atoms with Crippen molar-refractivity contribution in [3.63, 3.8) is 0 Å². The summed E-state index contributed by atoms with van der Waals surface area (Å²) < 4.78 is 0. The van der Waals surface area contributed by atoms with Crippen LogP contribution in [-0.4, -0.2) is 33.2 Å². The standard InChI is InChI=1S/C54H44N2O4/c57-49-31-41(35-13-3-1-4-14-35)32-50(58)53(49)47(29-39-21-11-19-37-17-7-9-23-45(37)39)55-43-25-27-44(28-26-43)56-48(30-40-22-12-20-38-18-8-10-24-46(38)40)54-51(59)33-42(34-52(54)60)36-15-5-2-6-16-36/h1-28,41-42,57,59H,29-34H2. The molecule has 60 heavy (non-hydrogen) atoms. The molecule has 6 heteroatoms. The number of allylic oxidation sites excluding steroid dienone is 4. The SMILES string of the molecule is O=C1CC(c2ccccc2)CC(O)=C1C(Cc1cccc2ccccc12)=Nc1ccc(N=C(Cc2cccc3ccccc23)C2=C(O)CC(c3ccccc3)CC2=O)cc1. The van der Waals surface area contributed by atoms with Crippen molar-refractivity contribution in [1.29, 1.82) is 0 Å². The van der Waals surface area contributed by atoms with Crippen LogP contribution in [0.5, 0.6) is 0 Å². The van der Waals surface area contributed by atoms with Gasteiger partial charge in [-0.3, -0.25) is 19.6 Å². The minimum Gasteiger partial charge on any atom is -0.511 e. The molecular weight excluding hydrogens is 741 g/mol. The lowest BCUT2D eigenvalue weighted by Crippen LogP contribution is -2.25. The summed E-state index contributed by atoms with van der Waals surface area (Å²) in [7, 11) is 0. The predicted molar refractivity (Wildman–Crippen MR) is 242 cm³/mol. The van der Waals surface area contributed by atoms with E-state index in [4.69, 9.17) is 9.98 Å². The normalized spacial score (nSPS) is 17.8. The minimum atomic E-state index is -0.134. The molecule has 0 spiro atoms. The zero-order valence-electron chi connectivity index (χ0n) is 33.2. The van der Waals surface area contributed by atoms with E-state index in [0.29, 0.717) is 48.5 Å². The van der Waals surface area contributed by atoms with Crippen LogP contribution in [0.4, 0.5) is 11.4 Å². The summed E-state index contributed by atoms with van der Waals surface area (Å²) in [4.78, 5) is 38.2. The fourth-order valence-electron chi connectivity index (χ4n) is 8.90. The van der Waals surface area contributed by atoms with Gasteiger partial charge in [0.1, 0.15) is 11.5 Å². The van der Waals surface area contributed by atoms with Gasteiger partial charge in [0.2, 0.25) is 0 Å². The average Bonchev–Trinajstić information content (AvgIpc) is 3.27. The van der Waals surface area contributed by atoms with E-state index in [9.17, 15) is 19.8 Å². The Labute approximate surface area is 349 Å². The molecule has 2 N–H and O–H groups in total. The smallest absolute Gasteiger partial charge is 0.168 e. The summed E-state index contributed by atoms with van der Waals surface area (Å²) in [6.07, 6.45) is 1.94. The second-order valence-corrected chi connectivity index (χ2v) is 15.8. The van der Waals surface area contributed by atoms with Crippen LogP contribution in [0.25, 0.3) is 21.5 Å². The van der Waals surface area contributed by atoms with Crippen molar-refractivity contribution >= 4 is 55.9 Å². The number of aliphatic hydroxyl groups is 2. The van der Waals surface area contributed by atoms with Crippen LogP contribution in [0.15, 0.2) is 203 Å². The van der Waals surface area contributed by atoms with Crippen molar-refractivity contribution in [3.8, 4) is 0 Å². The molecule has 0 saturated heterocycles. The lowest BCUT2D eigenvalue weighted by molar-refractivity contribution is -0.117. The van der Waals surface area contributed by atoms with Gasteiger partial charge in [0.25, 0.3) is 0 Å². The Morgan fingerprint density at radius 2 is 0.800 bits per heavy atom. The zero-order valence-corrected chi connectivity index (χ0v) is 33.2. The van der Waals surface area contributed by atoms with Crippen molar-refractivity contribution in [2.75, 3.05) is 0 Å². The van der Waals surface area contributed by atoms with Gasteiger partial charge in [-0.15, -0.1) is 0 Å². The van der Waals surface area contributed by atoms with Crippen LogP contribution >= 0.6 is 0 Å². The Morgan fingerprint density at radius 3 is 1.20 bits per heavy atom. The molecule has 7 aromatic rings. The van der Waals surface area contributed by atoms with Gasteiger partial charge in [-0.1, -0.05) is 146 Å². The third kappa shape index (κ3) is 8.10. The molecule has 0 fully saturated rings. The lowest BCUT2D eigenvalue weighted by atomic mass is 9.80. The largest absolute Gasteiger partial charge is 0.511 e. The summed E-state index contributed by atoms with van der Waals surface area (Å²) in [5, 5.41) is 27.5. The molecule has 6 nitrogen and oxygen atoms in total. The van der Waals surface area contributed by atoms with Crippen LogP contribution in [0.1, 0.15) is 59.8 Å². The fourth-order valence-corrected chi connectivity index (χ4v) is 8.90. The number of aliphatic hydroxyl groups excluding tert-OH is 2. The summed E-state index contributed by atoms with van der Waals surface area (Å²) in [6, 6.07) is 55.6. The Bertz CT molecular complexity index is 2660. The van der Waals surface area contributed by atoms with E-state index in [-0.39, 0.29) is 58.9 Å². The average molecular weight is 785 g/mol. The van der Waals surface area contributed by atoms with Crippen LogP contribution in [0.3, 0.4) is 0 Å². The van der Waals surface area contributed by atoms with Gasteiger partial charge >= 0.3 is 0 Å². The zero-order chi connectivity index (χ0) is 41.0. The highest BCUT2D eigenvalue weighted by molar-refractivity contribution is 6.25. The van der Waals surface area contributed by atoms with Crippen LogP contribution in [0.2, 0.25) is 0 Å². The second kappa shape index (κ2) is 17.0. The Morgan fingerprint density at radius 1 is 0.433 bits per heavy atom. The third-order valence-corrected chi connectivity index (χ3v) is 11.9. The van der Waals surface area contributed by atoms with Crippen LogP contribution < -0.4 is 0 Å². The Hall–Kier alpha value is -7.18. The first-order chi connectivity index (χ1) is 29.4. The van der Waals surface area contributed by atoms with Gasteiger partial charge in [-0.05, 0) is 79.9 Å². The lowest BCUT2D eigenvalue weighted by Gasteiger charge is -2.25. The number of benzene rings is 7. The van der Waals surface area contributed by atoms with E-state index < -0.39 is 0 Å². The van der Waals surface area contributed by atoms with Gasteiger partial charge in [-0.25, -0.2) is 0 Å². The maximum atomic E-state index is 14.0. The number of nitrogens with zero attached hydrogens (tertiary/aromatic N) is 2. The van der Waals surface area contributed by atoms with E-state index >= 15 is 0 Å². The van der Waals surface area contributed by atoms with E-state index in [1.54, 1.807) is 0 Å². The van der Waals surface area contributed by atoms with E-state index in [2.05, 4.69) is 36.4 Å². The molecular formula is C54H44N2O4. The first-order valence-electron chi connectivity index (χ1n) is 20.6. The molecule has 0 bridgehead atoms. The number of carbonyl (C=O) groups excluding carboxylic acids is 2. The molecule has 0 radical (unpaired) electrons. The number of fused-ring (bicyclic) bond motifs is 2. The van der Waals surface area contributed by atoms with Crippen molar-refractivity contribution in [2.45, 2.75) is 50.4 Å². The van der Waals surface area contributed by atoms with E-state index in [1.165, 1.54) is 0 Å². The molecule has 2 aliphatic rings. The molecule has 2 aliphatic carbocycles. The molecule has 0 amide bonds. The Balaban J connectivity index is 1.09. The number of ketones is 2. The van der Waals surface area contributed by atoms with Gasteiger partial charge in [0, 0.05) is 38.5 Å². The first-order valence-corrected chi connectivity index (χ1v) is 20.6. The molecule has 0 saturated carbocycles. The summed E-state index contributed by atoms with van der Waals surface area (Å²) >= 11 is 0. The maximum absolute atomic E-state index is 14.0. The second-order valence-electron chi connectivity index (χ2n) is 15.8. The number of rotatable bonds is 10. The monoisotopic (exact) mass is 784 g/mol. The van der Waals surface area contributed by atoms with Crippen molar-refractivity contribution < 1.29 is 19.8 Å². The highest BCUT2D eigenvalue weighted by Gasteiger charge is 2.33. The van der Waals surface area contributed by atoms with Gasteiger partial charge < -0.3 is 10.2 Å². The van der Waals surface area contributed by atoms with Crippen LogP contribution in [0, 0.1) is 0 Å². The molecule has 2 atom stereocenters. The van der Waals surface area contributed by atoms with Crippen molar-refractivity contribution in [3.05, 3.63) is 215 Å². The number of Topliss-reactive ketones (excluding diaryl/α,β-unsaturated/α-hetero) is 2. The maximum Gasteiger partial charge on any atom is 0.168 e. The molecule has 0 aliphatic heterocycles. The van der Waals surface area contributed by atoms with E-state index in [1.807, 2.05) is 133 Å². The summed E-state index contributed by atoms with van der Waals surface area (Å²) in [6.45, 7) is 0. The fraction of sp³-hybridized carbons (Fsp3) is 0.148. The van der Waals surface area contributed by atoms with Gasteiger partial charge in [0.05, 0.1) is 33.9 Å². The number of hydrogen-bond acceptors (Lipinski definition) is 6. The topological polar surface area (TPSA) is 99.3 Å². The number of hydrogen-bond donors (Lipinski definition) is 2. The summed E-state index contributed by atoms with van der Waals surface area (Å²) in [5.41, 5.74) is 6.81. The van der Waals surface area contributed by atoms with Crippen molar-refractivity contribution in [2.24, 2.45) is 9.98 Å². The van der Waals surface area contributed by atoms with Gasteiger partial charge in [-0.2, -0.15) is 0 Å². The van der Waals surface area contributed by atoms with Gasteiger partial charge in [0.15, 0.2) is 11.6 Å². The minimum absolute atomic E-state index is 0.0538. The van der Waals surface area contributed by atoms with Crippen LogP contribution in [-0.2, 0) is 22.4 Å². The summed E-state index contributed by atoms with van der Waals surface area (Å²) in [5.74, 6) is -0.389. The highest BCUT2D eigenvalue weighted by Crippen LogP contribution is 2.37. The highest BCUT2D eigenvalue weighted by atomic mass is 16.3. The third-order valence-electron chi connectivity index (χ3n) is 11.9. The molecule has 0 heterocycles.